The number of aryl methyl sites for hydroxylation is 1. The zero-order valence-electron chi connectivity index (χ0n) is 11.8. The van der Waals surface area contributed by atoms with E-state index in [1.165, 1.54) is 11.1 Å². The van der Waals surface area contributed by atoms with E-state index in [0.29, 0.717) is 6.42 Å². The molecule has 4 heteroatoms. The first-order valence-electron chi connectivity index (χ1n) is 7.19. The predicted octanol–water partition coefficient (Wildman–Crippen LogP) is 2.16. The molecule has 0 aliphatic heterocycles. The summed E-state index contributed by atoms with van der Waals surface area (Å²) in [5.74, 6) is -0.911. The summed E-state index contributed by atoms with van der Waals surface area (Å²) in [5, 5.41) is 11.7. The number of carboxylic acids is 1. The van der Waals surface area contributed by atoms with Crippen molar-refractivity contribution in [3.05, 3.63) is 35.4 Å². The summed E-state index contributed by atoms with van der Waals surface area (Å²) in [7, 11) is 0. The van der Waals surface area contributed by atoms with Gasteiger partial charge in [-0.25, -0.2) is 0 Å². The fourth-order valence-corrected chi connectivity index (χ4v) is 2.75. The maximum Gasteiger partial charge on any atom is 0.305 e. The number of fused-ring (bicyclic) bond motifs is 1. The number of carbonyl (C=O) groups is 2. The monoisotopic (exact) mass is 275 g/mol. The lowest BCUT2D eigenvalue weighted by atomic mass is 9.83. The van der Waals surface area contributed by atoms with Gasteiger partial charge in [0.1, 0.15) is 0 Å². The van der Waals surface area contributed by atoms with E-state index in [1.54, 1.807) is 0 Å². The summed E-state index contributed by atoms with van der Waals surface area (Å²) in [6, 6.07) is 7.95. The number of carbonyl (C=O) groups excluding carboxylic acids is 1. The summed E-state index contributed by atoms with van der Waals surface area (Å²) in [6.45, 7) is 1.89. The van der Waals surface area contributed by atoms with E-state index in [9.17, 15) is 9.59 Å². The van der Waals surface area contributed by atoms with E-state index >= 15 is 0 Å². The molecular weight excluding hydrogens is 254 g/mol. The number of aliphatic carboxylic acids is 1. The van der Waals surface area contributed by atoms with Crippen molar-refractivity contribution in [2.45, 2.75) is 45.1 Å². The minimum Gasteiger partial charge on any atom is -0.481 e. The van der Waals surface area contributed by atoms with Crippen LogP contribution in [0.25, 0.3) is 0 Å². The molecule has 0 aromatic heterocycles. The third kappa shape index (κ3) is 3.59. The van der Waals surface area contributed by atoms with Crippen LogP contribution in [0.5, 0.6) is 0 Å². The van der Waals surface area contributed by atoms with Crippen molar-refractivity contribution in [2.75, 3.05) is 0 Å². The predicted molar refractivity (Wildman–Crippen MR) is 76.4 cm³/mol. The Balaban J connectivity index is 1.95. The highest BCUT2D eigenvalue weighted by Gasteiger charge is 2.26. The Kier molecular flexibility index (Phi) is 4.77. The van der Waals surface area contributed by atoms with Crippen molar-refractivity contribution in [3.63, 3.8) is 0 Å². The lowest BCUT2D eigenvalue weighted by Gasteiger charge is -2.25. The van der Waals surface area contributed by atoms with Crippen LogP contribution in [0.1, 0.15) is 37.3 Å². The number of nitrogens with one attached hydrogen (secondary N) is 1. The molecule has 0 saturated heterocycles. The SMILES string of the molecule is CCC(CC(=O)O)NC(=O)C1CCc2ccccc2C1. The average Bonchev–Trinajstić information content (AvgIpc) is 2.45. The van der Waals surface area contributed by atoms with Gasteiger partial charge in [0, 0.05) is 12.0 Å². The molecule has 0 radical (unpaired) electrons. The van der Waals surface area contributed by atoms with Crippen LogP contribution < -0.4 is 5.32 Å². The largest absolute Gasteiger partial charge is 0.481 e. The minimum absolute atomic E-state index is 0.00685. The molecule has 1 amide bonds. The molecule has 2 atom stereocenters. The van der Waals surface area contributed by atoms with Gasteiger partial charge in [0.2, 0.25) is 5.91 Å². The topological polar surface area (TPSA) is 66.4 Å². The van der Waals surface area contributed by atoms with Gasteiger partial charge < -0.3 is 10.4 Å². The first kappa shape index (κ1) is 14.6. The molecule has 4 nitrogen and oxygen atoms in total. The summed E-state index contributed by atoms with van der Waals surface area (Å²) < 4.78 is 0. The van der Waals surface area contributed by atoms with Crippen molar-refractivity contribution in [1.29, 1.82) is 0 Å². The average molecular weight is 275 g/mol. The summed E-state index contributed by atoms with van der Waals surface area (Å²) in [6.07, 6.45) is 3.15. The van der Waals surface area contributed by atoms with Crippen LogP contribution in [0.3, 0.4) is 0 Å². The highest BCUT2D eigenvalue weighted by atomic mass is 16.4. The number of hydrogen-bond acceptors (Lipinski definition) is 2. The Labute approximate surface area is 119 Å². The highest BCUT2D eigenvalue weighted by molar-refractivity contribution is 5.80. The molecule has 0 spiro atoms. The normalized spacial score (nSPS) is 18.9. The molecule has 0 heterocycles. The van der Waals surface area contributed by atoms with Gasteiger partial charge in [-0.2, -0.15) is 0 Å². The zero-order valence-corrected chi connectivity index (χ0v) is 11.8. The molecule has 1 aliphatic carbocycles. The van der Waals surface area contributed by atoms with Gasteiger partial charge in [-0.15, -0.1) is 0 Å². The molecule has 20 heavy (non-hydrogen) atoms. The quantitative estimate of drug-likeness (QED) is 0.865. The summed E-state index contributed by atoms with van der Waals surface area (Å²) in [4.78, 5) is 23.0. The molecule has 1 aromatic rings. The van der Waals surface area contributed by atoms with Crippen LogP contribution in [0.15, 0.2) is 24.3 Å². The van der Waals surface area contributed by atoms with Crippen molar-refractivity contribution in [1.82, 2.24) is 5.32 Å². The number of rotatable bonds is 5. The van der Waals surface area contributed by atoms with Crippen LogP contribution in [0.2, 0.25) is 0 Å². The fourth-order valence-electron chi connectivity index (χ4n) is 2.75. The van der Waals surface area contributed by atoms with E-state index in [2.05, 4.69) is 17.4 Å². The van der Waals surface area contributed by atoms with E-state index in [-0.39, 0.29) is 24.3 Å². The van der Waals surface area contributed by atoms with Crippen molar-refractivity contribution in [2.24, 2.45) is 5.92 Å². The maximum atomic E-state index is 12.3. The summed E-state index contributed by atoms with van der Waals surface area (Å²) in [5.41, 5.74) is 2.57. The van der Waals surface area contributed by atoms with Gasteiger partial charge in [-0.3, -0.25) is 9.59 Å². The Bertz CT molecular complexity index is 498. The van der Waals surface area contributed by atoms with Crippen molar-refractivity contribution >= 4 is 11.9 Å². The molecule has 2 rings (SSSR count). The van der Waals surface area contributed by atoms with E-state index in [0.717, 1.165) is 19.3 Å². The van der Waals surface area contributed by atoms with Crippen LogP contribution in [0, 0.1) is 5.92 Å². The maximum absolute atomic E-state index is 12.3. The Morgan fingerprint density at radius 2 is 2.05 bits per heavy atom. The standard InChI is InChI=1S/C16H21NO3/c1-2-14(10-15(18)19)17-16(20)13-8-7-11-5-3-4-6-12(11)9-13/h3-6,13-14H,2,7-10H2,1H3,(H,17,20)(H,18,19). The zero-order chi connectivity index (χ0) is 14.5. The van der Waals surface area contributed by atoms with Crippen LogP contribution >= 0.6 is 0 Å². The molecule has 108 valence electrons. The third-order valence-corrected chi connectivity index (χ3v) is 3.98. The van der Waals surface area contributed by atoms with Gasteiger partial charge in [0.15, 0.2) is 0 Å². The smallest absolute Gasteiger partial charge is 0.305 e. The molecule has 2 unspecified atom stereocenters. The Hall–Kier alpha value is -1.84. The molecule has 1 aromatic carbocycles. The van der Waals surface area contributed by atoms with Gasteiger partial charge in [0.05, 0.1) is 6.42 Å². The third-order valence-electron chi connectivity index (χ3n) is 3.98. The molecule has 0 fully saturated rings. The number of benzene rings is 1. The number of carboxylic acid groups (broad SMARTS) is 1. The first-order chi connectivity index (χ1) is 9.60. The molecular formula is C16H21NO3. The van der Waals surface area contributed by atoms with Crippen molar-refractivity contribution in [3.8, 4) is 0 Å². The van der Waals surface area contributed by atoms with Gasteiger partial charge in [-0.05, 0) is 36.8 Å². The van der Waals surface area contributed by atoms with Crippen LogP contribution in [0.4, 0.5) is 0 Å². The second-order valence-electron chi connectivity index (χ2n) is 5.42. The van der Waals surface area contributed by atoms with E-state index < -0.39 is 5.97 Å². The Morgan fingerprint density at radius 3 is 2.70 bits per heavy atom. The van der Waals surface area contributed by atoms with Gasteiger partial charge in [0.25, 0.3) is 0 Å². The first-order valence-corrected chi connectivity index (χ1v) is 7.19. The number of hydrogen-bond donors (Lipinski definition) is 2. The van der Waals surface area contributed by atoms with Gasteiger partial charge >= 0.3 is 5.97 Å². The molecule has 2 N–H and O–H groups in total. The van der Waals surface area contributed by atoms with Crippen LogP contribution in [-0.4, -0.2) is 23.0 Å². The lowest BCUT2D eigenvalue weighted by Crippen LogP contribution is -2.41. The molecule has 1 aliphatic rings. The minimum atomic E-state index is -0.869. The van der Waals surface area contributed by atoms with E-state index in [1.807, 2.05) is 19.1 Å². The molecule has 0 bridgehead atoms. The van der Waals surface area contributed by atoms with E-state index in [4.69, 9.17) is 5.11 Å². The highest BCUT2D eigenvalue weighted by Crippen LogP contribution is 2.25. The summed E-state index contributed by atoms with van der Waals surface area (Å²) >= 11 is 0. The fraction of sp³-hybridized carbons (Fsp3) is 0.500. The second kappa shape index (κ2) is 6.55. The number of amides is 1. The van der Waals surface area contributed by atoms with Crippen molar-refractivity contribution < 1.29 is 14.7 Å². The Morgan fingerprint density at radius 1 is 1.35 bits per heavy atom. The van der Waals surface area contributed by atoms with Gasteiger partial charge in [-0.1, -0.05) is 31.2 Å². The second-order valence-corrected chi connectivity index (χ2v) is 5.42. The lowest BCUT2D eigenvalue weighted by molar-refractivity contribution is -0.137. The molecule has 0 saturated carbocycles. The van der Waals surface area contributed by atoms with Crippen LogP contribution in [-0.2, 0) is 22.4 Å².